The molecule has 4 nitrogen and oxygen atoms in total. The standard InChI is InChI=1S/C14H10F2N4/c15-11-2-1-3-12(13(11)16)20-6-8-5-19-14(18)9(4-17)10(8)7-20/h1-3,5H,6-7H2,(H2,18,19). The van der Waals surface area contributed by atoms with Gasteiger partial charge in [-0.1, -0.05) is 6.07 Å². The average molecular weight is 272 g/mol. The SMILES string of the molecule is N#Cc1c(N)ncc2c1CN(c1cccc(F)c1F)C2. The number of nitrogens with zero attached hydrogens (tertiary/aromatic N) is 3. The van der Waals surface area contributed by atoms with Gasteiger partial charge in [-0.3, -0.25) is 0 Å². The van der Waals surface area contributed by atoms with Gasteiger partial charge in [-0.15, -0.1) is 0 Å². The Labute approximate surface area is 114 Å². The maximum atomic E-state index is 13.8. The summed E-state index contributed by atoms with van der Waals surface area (Å²) in [6.07, 6.45) is 1.57. The lowest BCUT2D eigenvalue weighted by Gasteiger charge is -2.18. The first-order valence-electron chi connectivity index (χ1n) is 5.97. The quantitative estimate of drug-likeness (QED) is 0.865. The molecule has 0 saturated heterocycles. The lowest BCUT2D eigenvalue weighted by atomic mass is 10.1. The number of fused-ring (bicyclic) bond motifs is 1. The van der Waals surface area contributed by atoms with Crippen molar-refractivity contribution >= 4 is 11.5 Å². The molecular formula is C14H10F2N4. The minimum atomic E-state index is -0.892. The van der Waals surface area contributed by atoms with Gasteiger partial charge >= 0.3 is 0 Å². The Hall–Kier alpha value is -2.68. The second-order valence-electron chi connectivity index (χ2n) is 4.56. The Bertz CT molecular complexity index is 737. The van der Waals surface area contributed by atoms with Crippen molar-refractivity contribution in [2.75, 3.05) is 10.6 Å². The first-order chi connectivity index (χ1) is 9.61. The fraction of sp³-hybridized carbons (Fsp3) is 0.143. The van der Waals surface area contributed by atoms with E-state index in [1.54, 1.807) is 11.1 Å². The number of nitrogen functional groups attached to an aromatic ring is 1. The number of pyridine rings is 1. The van der Waals surface area contributed by atoms with E-state index in [1.165, 1.54) is 12.1 Å². The van der Waals surface area contributed by atoms with Crippen LogP contribution in [0.15, 0.2) is 24.4 Å². The molecule has 0 spiro atoms. The van der Waals surface area contributed by atoms with Crippen molar-refractivity contribution in [3.05, 3.63) is 52.7 Å². The third kappa shape index (κ3) is 1.75. The molecule has 1 aromatic heterocycles. The first-order valence-corrected chi connectivity index (χ1v) is 5.97. The molecule has 2 N–H and O–H groups in total. The predicted molar refractivity (Wildman–Crippen MR) is 69.6 cm³/mol. The second kappa shape index (κ2) is 4.46. The summed E-state index contributed by atoms with van der Waals surface area (Å²) in [5, 5.41) is 9.12. The van der Waals surface area contributed by atoms with Gasteiger partial charge in [0.1, 0.15) is 11.9 Å². The highest BCUT2D eigenvalue weighted by molar-refractivity contribution is 5.61. The molecular weight excluding hydrogens is 262 g/mol. The lowest BCUT2D eigenvalue weighted by Crippen LogP contribution is -2.16. The van der Waals surface area contributed by atoms with Crippen LogP contribution in [0, 0.1) is 23.0 Å². The monoisotopic (exact) mass is 272 g/mol. The second-order valence-corrected chi connectivity index (χ2v) is 4.56. The number of aromatic nitrogens is 1. The number of hydrogen-bond acceptors (Lipinski definition) is 4. The molecule has 0 amide bonds. The summed E-state index contributed by atoms with van der Waals surface area (Å²) in [5.74, 6) is -1.62. The highest BCUT2D eigenvalue weighted by Crippen LogP contribution is 2.33. The van der Waals surface area contributed by atoms with Crippen molar-refractivity contribution in [2.24, 2.45) is 0 Å². The van der Waals surface area contributed by atoms with E-state index in [1.807, 2.05) is 6.07 Å². The maximum Gasteiger partial charge on any atom is 0.182 e. The molecule has 0 aliphatic carbocycles. The van der Waals surface area contributed by atoms with E-state index in [9.17, 15) is 8.78 Å². The van der Waals surface area contributed by atoms with E-state index in [0.29, 0.717) is 18.7 Å². The molecule has 1 aliphatic heterocycles. The zero-order chi connectivity index (χ0) is 14.3. The normalized spacial score (nSPS) is 13.2. The summed E-state index contributed by atoms with van der Waals surface area (Å²) in [5.41, 5.74) is 7.66. The number of halogens is 2. The molecule has 2 aromatic rings. The molecule has 1 aliphatic rings. The van der Waals surface area contributed by atoms with E-state index in [-0.39, 0.29) is 11.5 Å². The number of anilines is 2. The number of hydrogen-bond donors (Lipinski definition) is 1. The van der Waals surface area contributed by atoms with Crippen LogP contribution in [0.4, 0.5) is 20.3 Å². The van der Waals surface area contributed by atoms with Crippen LogP contribution in [-0.4, -0.2) is 4.98 Å². The van der Waals surface area contributed by atoms with Crippen molar-refractivity contribution in [3.8, 4) is 6.07 Å². The van der Waals surface area contributed by atoms with Crippen LogP contribution in [0.2, 0.25) is 0 Å². The molecule has 100 valence electrons. The smallest absolute Gasteiger partial charge is 0.182 e. The molecule has 2 heterocycles. The van der Waals surface area contributed by atoms with Crippen LogP contribution in [0.5, 0.6) is 0 Å². The zero-order valence-electron chi connectivity index (χ0n) is 10.4. The van der Waals surface area contributed by atoms with E-state index < -0.39 is 11.6 Å². The molecule has 0 bridgehead atoms. The van der Waals surface area contributed by atoms with Gasteiger partial charge in [-0.05, 0) is 23.3 Å². The summed E-state index contributed by atoms with van der Waals surface area (Å²) in [4.78, 5) is 5.61. The molecule has 20 heavy (non-hydrogen) atoms. The third-order valence-corrected chi connectivity index (χ3v) is 3.40. The lowest BCUT2D eigenvalue weighted by molar-refractivity contribution is 0.506. The average Bonchev–Trinajstić information content (AvgIpc) is 2.85. The number of benzene rings is 1. The van der Waals surface area contributed by atoms with Crippen molar-refractivity contribution < 1.29 is 8.78 Å². The van der Waals surface area contributed by atoms with Crippen LogP contribution in [0.1, 0.15) is 16.7 Å². The molecule has 3 rings (SSSR count). The summed E-state index contributed by atoms with van der Waals surface area (Å²) >= 11 is 0. The van der Waals surface area contributed by atoms with Gasteiger partial charge in [0.2, 0.25) is 0 Å². The van der Waals surface area contributed by atoms with Crippen LogP contribution in [-0.2, 0) is 13.1 Å². The molecule has 0 atom stereocenters. The Morgan fingerprint density at radius 2 is 2.10 bits per heavy atom. The minimum Gasteiger partial charge on any atom is -0.383 e. The minimum absolute atomic E-state index is 0.160. The largest absolute Gasteiger partial charge is 0.383 e. The van der Waals surface area contributed by atoms with Crippen LogP contribution in [0.3, 0.4) is 0 Å². The van der Waals surface area contributed by atoms with Crippen LogP contribution >= 0.6 is 0 Å². The maximum absolute atomic E-state index is 13.8. The van der Waals surface area contributed by atoms with Gasteiger partial charge in [0.05, 0.1) is 11.3 Å². The van der Waals surface area contributed by atoms with Gasteiger partial charge in [0.25, 0.3) is 0 Å². The first kappa shape index (κ1) is 12.4. The Morgan fingerprint density at radius 3 is 2.85 bits per heavy atom. The molecule has 0 fully saturated rings. The van der Waals surface area contributed by atoms with Crippen molar-refractivity contribution in [3.63, 3.8) is 0 Å². The van der Waals surface area contributed by atoms with Gasteiger partial charge in [-0.25, -0.2) is 13.8 Å². The predicted octanol–water partition coefficient (Wildman–Crippen LogP) is 2.33. The van der Waals surface area contributed by atoms with Crippen molar-refractivity contribution in [1.29, 1.82) is 5.26 Å². The van der Waals surface area contributed by atoms with Gasteiger partial charge in [0, 0.05) is 19.3 Å². The van der Waals surface area contributed by atoms with E-state index in [4.69, 9.17) is 11.0 Å². The summed E-state index contributed by atoms with van der Waals surface area (Å²) in [6, 6.07) is 6.04. The Balaban J connectivity index is 2.03. The Kier molecular flexibility index (Phi) is 2.75. The highest BCUT2D eigenvalue weighted by atomic mass is 19.2. The fourth-order valence-corrected chi connectivity index (χ4v) is 2.41. The van der Waals surface area contributed by atoms with E-state index in [2.05, 4.69) is 4.98 Å². The summed E-state index contributed by atoms with van der Waals surface area (Å²) in [7, 11) is 0. The molecule has 1 aromatic carbocycles. The molecule has 6 heteroatoms. The van der Waals surface area contributed by atoms with Crippen LogP contribution < -0.4 is 10.6 Å². The van der Waals surface area contributed by atoms with Gasteiger partial charge in [0.15, 0.2) is 11.6 Å². The zero-order valence-corrected chi connectivity index (χ0v) is 10.4. The summed E-state index contributed by atoms with van der Waals surface area (Å²) < 4.78 is 27.1. The van der Waals surface area contributed by atoms with E-state index >= 15 is 0 Å². The van der Waals surface area contributed by atoms with Crippen molar-refractivity contribution in [1.82, 2.24) is 4.98 Å². The van der Waals surface area contributed by atoms with Gasteiger partial charge < -0.3 is 10.6 Å². The Morgan fingerprint density at radius 1 is 1.30 bits per heavy atom. The number of rotatable bonds is 1. The molecule has 0 unspecified atom stereocenters. The van der Waals surface area contributed by atoms with Crippen molar-refractivity contribution in [2.45, 2.75) is 13.1 Å². The number of nitrogens with two attached hydrogens (primary N) is 1. The topological polar surface area (TPSA) is 65.9 Å². The molecule has 0 radical (unpaired) electrons. The third-order valence-electron chi connectivity index (χ3n) is 3.40. The highest BCUT2D eigenvalue weighted by Gasteiger charge is 2.26. The van der Waals surface area contributed by atoms with E-state index in [0.717, 1.165) is 17.2 Å². The number of nitriles is 1. The van der Waals surface area contributed by atoms with Crippen LogP contribution in [0.25, 0.3) is 0 Å². The fourth-order valence-electron chi connectivity index (χ4n) is 2.41. The summed E-state index contributed by atoms with van der Waals surface area (Å²) in [6.45, 7) is 0.684. The molecule has 0 saturated carbocycles. The van der Waals surface area contributed by atoms with Gasteiger partial charge in [-0.2, -0.15) is 5.26 Å².